The Bertz CT molecular complexity index is 1110. The minimum Gasteiger partial charge on any atom is -0.290 e. The summed E-state index contributed by atoms with van der Waals surface area (Å²) in [4.78, 5) is 0. The van der Waals surface area contributed by atoms with Crippen LogP contribution < -0.4 is 5.43 Å². The number of aromatic nitrogens is 3. The van der Waals surface area contributed by atoms with Crippen LogP contribution in [-0.2, 0) is 6.42 Å². The van der Waals surface area contributed by atoms with Crippen LogP contribution in [-0.4, -0.2) is 14.9 Å². The molecule has 0 fully saturated rings. The normalized spacial score (nSPS) is 13.2. The number of nitrogens with zero attached hydrogens (tertiary/aromatic N) is 3. The van der Waals surface area contributed by atoms with Gasteiger partial charge in [0.05, 0.1) is 5.70 Å². The highest BCUT2D eigenvalue weighted by Crippen LogP contribution is 2.29. The predicted molar refractivity (Wildman–Crippen MR) is 106 cm³/mol. The maximum absolute atomic E-state index is 4.42. The number of hydrogen-bond donors (Lipinski definition) is 1. The van der Waals surface area contributed by atoms with Gasteiger partial charge >= 0.3 is 0 Å². The van der Waals surface area contributed by atoms with Gasteiger partial charge < -0.3 is 0 Å². The second-order valence-electron chi connectivity index (χ2n) is 6.18. The van der Waals surface area contributed by atoms with E-state index in [1.165, 1.54) is 16.3 Å². The fourth-order valence-corrected chi connectivity index (χ4v) is 3.99. The van der Waals surface area contributed by atoms with Crippen molar-refractivity contribution < 1.29 is 0 Å². The van der Waals surface area contributed by atoms with E-state index in [9.17, 15) is 0 Å². The Labute approximate surface area is 155 Å². The first kappa shape index (κ1) is 15.2. The second kappa shape index (κ2) is 6.35. The first-order chi connectivity index (χ1) is 12.9. The molecule has 2 heterocycles. The SMILES string of the molecule is C1=C(c2ccccc2)Nn2c(Cc3cccc4ccccc34)nnc2S1. The summed E-state index contributed by atoms with van der Waals surface area (Å²) in [5.41, 5.74) is 6.92. The summed E-state index contributed by atoms with van der Waals surface area (Å²) in [6, 6.07) is 25.2. The summed E-state index contributed by atoms with van der Waals surface area (Å²) >= 11 is 1.59. The van der Waals surface area contributed by atoms with E-state index >= 15 is 0 Å². The van der Waals surface area contributed by atoms with Crippen molar-refractivity contribution in [3.63, 3.8) is 0 Å². The topological polar surface area (TPSA) is 42.7 Å². The molecule has 0 saturated heterocycles. The molecule has 0 bridgehead atoms. The average Bonchev–Trinajstić information content (AvgIpc) is 3.11. The fourth-order valence-electron chi connectivity index (χ4n) is 3.23. The van der Waals surface area contributed by atoms with Crippen LogP contribution in [0.25, 0.3) is 16.5 Å². The Balaban J connectivity index is 1.49. The van der Waals surface area contributed by atoms with Gasteiger partial charge in [-0.2, -0.15) is 0 Å². The Kier molecular flexibility index (Phi) is 3.72. The lowest BCUT2D eigenvalue weighted by atomic mass is 10.0. The molecule has 1 aliphatic heterocycles. The van der Waals surface area contributed by atoms with E-state index in [1.54, 1.807) is 11.8 Å². The van der Waals surface area contributed by atoms with Crippen molar-refractivity contribution in [3.05, 3.63) is 95.2 Å². The molecule has 5 heteroatoms. The molecule has 1 aliphatic rings. The molecule has 0 radical (unpaired) electrons. The number of nitrogens with one attached hydrogen (secondary N) is 1. The molecular formula is C21H16N4S. The average molecular weight is 356 g/mol. The molecule has 0 atom stereocenters. The molecule has 3 aromatic carbocycles. The zero-order valence-electron chi connectivity index (χ0n) is 14.0. The smallest absolute Gasteiger partial charge is 0.214 e. The molecule has 1 aromatic heterocycles. The largest absolute Gasteiger partial charge is 0.290 e. The molecule has 0 unspecified atom stereocenters. The summed E-state index contributed by atoms with van der Waals surface area (Å²) in [5, 5.41) is 14.2. The van der Waals surface area contributed by atoms with Gasteiger partial charge in [-0.05, 0) is 21.9 Å². The van der Waals surface area contributed by atoms with Gasteiger partial charge in [0.2, 0.25) is 5.16 Å². The van der Waals surface area contributed by atoms with Crippen molar-refractivity contribution in [1.29, 1.82) is 0 Å². The molecule has 4 nitrogen and oxygen atoms in total. The number of fused-ring (bicyclic) bond motifs is 2. The standard InChI is InChI=1S/C21H16N4S/c1-2-8-16(9-3-1)19-14-26-21-23-22-20(25(21)24-19)13-17-11-6-10-15-7-4-5-12-18(15)17/h1-12,14,24H,13H2. The molecule has 1 N–H and O–H groups in total. The third-order valence-electron chi connectivity index (χ3n) is 4.53. The van der Waals surface area contributed by atoms with E-state index in [2.05, 4.69) is 75.6 Å². The molecule has 0 amide bonds. The van der Waals surface area contributed by atoms with E-state index in [0.717, 1.165) is 28.7 Å². The van der Waals surface area contributed by atoms with Gasteiger partial charge in [0.1, 0.15) is 0 Å². The van der Waals surface area contributed by atoms with Crippen LogP contribution in [0.5, 0.6) is 0 Å². The number of rotatable bonds is 3. The fraction of sp³-hybridized carbons (Fsp3) is 0.0476. The lowest BCUT2D eigenvalue weighted by Gasteiger charge is -2.19. The highest BCUT2D eigenvalue weighted by atomic mass is 32.2. The summed E-state index contributed by atoms with van der Waals surface area (Å²) in [5.74, 6) is 0.908. The molecule has 4 aromatic rings. The highest BCUT2D eigenvalue weighted by Gasteiger charge is 2.19. The minimum atomic E-state index is 0.726. The third-order valence-corrected chi connectivity index (χ3v) is 5.36. The Morgan fingerprint density at radius 1 is 0.846 bits per heavy atom. The van der Waals surface area contributed by atoms with Crippen molar-refractivity contribution >= 4 is 28.2 Å². The van der Waals surface area contributed by atoms with E-state index in [4.69, 9.17) is 0 Å². The first-order valence-electron chi connectivity index (χ1n) is 8.49. The van der Waals surface area contributed by atoms with Gasteiger partial charge in [0, 0.05) is 11.8 Å². The monoisotopic (exact) mass is 356 g/mol. The molecule has 5 rings (SSSR count). The summed E-state index contributed by atoms with van der Waals surface area (Å²) in [6.07, 6.45) is 0.726. The first-order valence-corrected chi connectivity index (χ1v) is 9.37. The molecule has 126 valence electrons. The van der Waals surface area contributed by atoms with Gasteiger partial charge in [0.25, 0.3) is 0 Å². The van der Waals surface area contributed by atoms with Gasteiger partial charge in [-0.15, -0.1) is 10.2 Å². The van der Waals surface area contributed by atoms with Gasteiger partial charge in [-0.25, -0.2) is 4.68 Å². The second-order valence-corrected chi connectivity index (χ2v) is 7.01. The number of hydrogen-bond acceptors (Lipinski definition) is 4. The number of benzene rings is 3. The van der Waals surface area contributed by atoms with E-state index in [1.807, 2.05) is 22.9 Å². The summed E-state index contributed by atoms with van der Waals surface area (Å²) in [7, 11) is 0. The molecule has 0 spiro atoms. The molecule has 26 heavy (non-hydrogen) atoms. The molecular weight excluding hydrogens is 340 g/mol. The zero-order chi connectivity index (χ0) is 17.3. The maximum Gasteiger partial charge on any atom is 0.214 e. The van der Waals surface area contributed by atoms with E-state index in [0.29, 0.717) is 0 Å². The minimum absolute atomic E-state index is 0.726. The van der Waals surface area contributed by atoms with Crippen molar-refractivity contribution in [2.75, 3.05) is 5.43 Å². The predicted octanol–water partition coefficient (Wildman–Crippen LogP) is 4.67. The maximum atomic E-state index is 4.42. The summed E-state index contributed by atoms with van der Waals surface area (Å²) < 4.78 is 1.99. The van der Waals surface area contributed by atoms with Crippen LogP contribution in [0.15, 0.2) is 83.4 Å². The zero-order valence-corrected chi connectivity index (χ0v) is 14.8. The van der Waals surface area contributed by atoms with Crippen molar-refractivity contribution in [3.8, 4) is 0 Å². The van der Waals surface area contributed by atoms with Crippen molar-refractivity contribution in [1.82, 2.24) is 14.9 Å². The van der Waals surface area contributed by atoms with Crippen LogP contribution in [0, 0.1) is 0 Å². The Hall–Kier alpha value is -3.05. The van der Waals surface area contributed by atoms with E-state index < -0.39 is 0 Å². The van der Waals surface area contributed by atoms with Gasteiger partial charge in [-0.3, -0.25) is 5.43 Å². The van der Waals surface area contributed by atoms with Gasteiger partial charge in [0.15, 0.2) is 5.82 Å². The van der Waals surface area contributed by atoms with Crippen molar-refractivity contribution in [2.24, 2.45) is 0 Å². The Morgan fingerprint density at radius 2 is 1.65 bits per heavy atom. The van der Waals surface area contributed by atoms with Crippen LogP contribution in [0.4, 0.5) is 0 Å². The molecule has 0 aliphatic carbocycles. The lowest BCUT2D eigenvalue weighted by Crippen LogP contribution is -2.20. The third kappa shape index (κ3) is 2.66. The van der Waals surface area contributed by atoms with Crippen LogP contribution in [0.2, 0.25) is 0 Å². The van der Waals surface area contributed by atoms with Gasteiger partial charge in [-0.1, -0.05) is 84.6 Å². The lowest BCUT2D eigenvalue weighted by molar-refractivity contribution is 0.783. The Morgan fingerprint density at radius 3 is 2.58 bits per heavy atom. The summed E-state index contributed by atoms with van der Waals surface area (Å²) in [6.45, 7) is 0. The number of thioether (sulfide) groups is 1. The van der Waals surface area contributed by atoms with Crippen molar-refractivity contribution in [2.45, 2.75) is 11.6 Å². The van der Waals surface area contributed by atoms with Crippen LogP contribution in [0.1, 0.15) is 17.0 Å². The highest BCUT2D eigenvalue weighted by molar-refractivity contribution is 8.02. The van der Waals surface area contributed by atoms with Crippen LogP contribution in [0.3, 0.4) is 0 Å². The van der Waals surface area contributed by atoms with Crippen LogP contribution >= 0.6 is 11.8 Å². The quantitative estimate of drug-likeness (QED) is 0.579. The molecule has 0 saturated carbocycles. The van der Waals surface area contributed by atoms with E-state index in [-0.39, 0.29) is 0 Å².